The lowest BCUT2D eigenvalue weighted by Crippen LogP contribution is -2.77. The van der Waals surface area contributed by atoms with E-state index in [0.29, 0.717) is 0 Å². The van der Waals surface area contributed by atoms with Crippen LogP contribution in [0.3, 0.4) is 0 Å². The second-order valence-electron chi connectivity index (χ2n) is 6.16. The highest BCUT2D eigenvalue weighted by Gasteiger charge is 2.98. The maximum absolute atomic E-state index is 13.3. The van der Waals surface area contributed by atoms with Crippen LogP contribution in [0.5, 0.6) is 0 Å². The molecule has 0 bridgehead atoms. The number of rotatable bonds is 10. The summed E-state index contributed by atoms with van der Waals surface area (Å²) < 4.78 is 307. The Labute approximate surface area is 179 Å². The topological polar surface area (TPSA) is 9.23 Å². The molecule has 0 unspecified atom stereocenters. The highest BCUT2D eigenvalue weighted by atomic mass is 28.5. The van der Waals surface area contributed by atoms with E-state index in [9.17, 15) is 105 Å². The fourth-order valence-electron chi connectivity index (χ4n) is 1.75. The van der Waals surface area contributed by atoms with Crippen molar-refractivity contribution in [3.8, 4) is 0 Å². The van der Waals surface area contributed by atoms with Gasteiger partial charge in [-0.2, -0.15) is 92.2 Å². The van der Waals surface area contributed by atoms with Crippen LogP contribution in [0.2, 0.25) is 0 Å². The summed E-state index contributed by atoms with van der Waals surface area (Å²) in [4.78, 5) is 0. The molecule has 0 radical (unpaired) electrons. The second-order valence-corrected chi connectivity index (χ2v) is 7.25. The van der Waals surface area contributed by atoms with Crippen LogP contribution in [0.4, 0.5) is 105 Å². The van der Waals surface area contributed by atoms with Crippen LogP contribution >= 0.6 is 0 Å². The van der Waals surface area contributed by atoms with E-state index in [1.807, 2.05) is 0 Å². The number of halogens is 24. The van der Waals surface area contributed by atoms with Gasteiger partial charge in [-0.3, -0.25) is 4.43 Å². The van der Waals surface area contributed by atoms with Crippen LogP contribution < -0.4 is 0 Å². The summed E-state index contributed by atoms with van der Waals surface area (Å²) in [7, 11) is -8.77. The van der Waals surface area contributed by atoms with Crippen molar-refractivity contribution in [1.29, 1.82) is 0 Å². The first kappa shape index (κ1) is 34.5. The van der Waals surface area contributed by atoms with Crippen molar-refractivity contribution in [2.24, 2.45) is 0 Å². The standard InChI is InChI=1S/C10F24OSi/c11-1(12,3(15,16)5(19,20)7(23,24)9(27,28)29)2(13,14)4(17,18)6(21,22)8(25,26)10(30,31)35-36(32,33)34. The first-order valence-corrected chi connectivity index (χ1v) is 8.74. The summed E-state index contributed by atoms with van der Waals surface area (Å²) in [6, 6.07) is 0. The molecule has 0 aliphatic rings. The molecule has 218 valence electrons. The van der Waals surface area contributed by atoms with E-state index in [4.69, 9.17) is 0 Å². The molecule has 0 atom stereocenters. The smallest absolute Gasteiger partial charge is 0.276 e. The van der Waals surface area contributed by atoms with Crippen LogP contribution in [0, 0.1) is 0 Å². The van der Waals surface area contributed by atoms with Crippen molar-refractivity contribution in [3.05, 3.63) is 0 Å². The van der Waals surface area contributed by atoms with Gasteiger partial charge < -0.3 is 0 Å². The molecule has 0 spiro atoms. The SMILES string of the molecule is FC(F)(F)C(F)(F)C(F)(F)C(F)(F)C(F)(F)C(F)(F)C(F)(F)C(F)(F)C(F)(F)C(F)(F)O[Si](F)(F)F. The maximum atomic E-state index is 13.3. The molecular formula is C10F24OSi. The molecular weight excluding hydrogens is 620 g/mol. The third-order valence-electron chi connectivity index (χ3n) is 3.73. The first-order chi connectivity index (χ1) is 15.0. The van der Waals surface area contributed by atoms with E-state index < -0.39 is 69.0 Å². The molecule has 0 amide bonds. The lowest BCUT2D eigenvalue weighted by molar-refractivity contribution is -0.481. The van der Waals surface area contributed by atoms with E-state index in [1.165, 1.54) is 0 Å². The summed E-state index contributed by atoms with van der Waals surface area (Å²) in [5.41, 5.74) is 0. The van der Waals surface area contributed by atoms with E-state index in [1.54, 1.807) is 0 Å². The van der Waals surface area contributed by atoms with Gasteiger partial charge in [-0.25, -0.2) is 12.3 Å². The molecule has 0 fully saturated rings. The molecule has 0 N–H and O–H groups in total. The lowest BCUT2D eigenvalue weighted by atomic mass is 9.87. The van der Waals surface area contributed by atoms with E-state index >= 15 is 0 Å². The second kappa shape index (κ2) is 8.25. The third kappa shape index (κ3) is 4.41. The molecule has 0 saturated heterocycles. The minimum atomic E-state index is -9.42. The largest absolute Gasteiger partial charge is 0.807 e. The van der Waals surface area contributed by atoms with Gasteiger partial charge in [0.25, 0.3) is 0 Å². The number of alkyl halides is 21. The van der Waals surface area contributed by atoms with Crippen molar-refractivity contribution in [3.63, 3.8) is 0 Å². The molecule has 0 aromatic carbocycles. The van der Waals surface area contributed by atoms with Crippen molar-refractivity contribution in [2.75, 3.05) is 0 Å². The fourth-order valence-corrected chi connectivity index (χ4v) is 2.17. The summed E-state index contributed by atoms with van der Waals surface area (Å²) >= 11 is 0. The molecule has 36 heavy (non-hydrogen) atoms. The molecule has 26 heteroatoms. The molecule has 0 aliphatic carbocycles. The Kier molecular flexibility index (Phi) is 7.90. The Bertz CT molecular complexity index is 801. The van der Waals surface area contributed by atoms with E-state index in [-0.39, 0.29) is 0 Å². The lowest BCUT2D eigenvalue weighted by Gasteiger charge is -2.44. The minimum absolute atomic E-state index is 1.09. The molecule has 0 aliphatic heterocycles. The summed E-state index contributed by atoms with van der Waals surface area (Å²) in [6.45, 7) is 0. The molecule has 0 heterocycles. The Morgan fingerprint density at radius 3 is 0.694 bits per heavy atom. The highest BCUT2D eigenvalue weighted by molar-refractivity contribution is 6.51. The Hall–Kier alpha value is -1.50. The van der Waals surface area contributed by atoms with Gasteiger partial charge in [0.1, 0.15) is 0 Å². The monoisotopic (exact) mass is 620 g/mol. The summed E-state index contributed by atoms with van der Waals surface area (Å²) in [5.74, 6) is -72.9. The Morgan fingerprint density at radius 2 is 0.500 bits per heavy atom. The van der Waals surface area contributed by atoms with Crippen molar-refractivity contribution in [1.82, 2.24) is 0 Å². The van der Waals surface area contributed by atoms with Gasteiger partial charge in [0, 0.05) is 0 Å². The van der Waals surface area contributed by atoms with Crippen LogP contribution in [-0.4, -0.2) is 69.0 Å². The van der Waals surface area contributed by atoms with Crippen LogP contribution in [-0.2, 0) is 4.43 Å². The van der Waals surface area contributed by atoms with Crippen molar-refractivity contribution >= 4 is 9.32 Å². The number of hydrogen-bond donors (Lipinski definition) is 0. The maximum Gasteiger partial charge on any atom is 0.807 e. The molecule has 0 saturated carbocycles. The normalized spacial score (nSPS) is 17.0. The van der Waals surface area contributed by atoms with Gasteiger partial charge in [0.2, 0.25) is 0 Å². The van der Waals surface area contributed by atoms with E-state index in [0.717, 1.165) is 4.43 Å². The third-order valence-corrected chi connectivity index (χ3v) is 4.21. The minimum Gasteiger partial charge on any atom is -0.276 e. The molecule has 1 nitrogen and oxygen atoms in total. The van der Waals surface area contributed by atoms with Crippen LogP contribution in [0.25, 0.3) is 0 Å². The predicted molar refractivity (Wildman–Crippen MR) is 60.7 cm³/mol. The highest BCUT2D eigenvalue weighted by Crippen LogP contribution is 2.66. The Morgan fingerprint density at radius 1 is 0.306 bits per heavy atom. The van der Waals surface area contributed by atoms with Crippen molar-refractivity contribution < 1.29 is 109 Å². The van der Waals surface area contributed by atoms with Crippen LogP contribution in [0.1, 0.15) is 0 Å². The summed E-state index contributed by atoms with van der Waals surface area (Å²) in [5, 5.41) is 0. The Balaban J connectivity index is 7.06. The van der Waals surface area contributed by atoms with E-state index in [2.05, 4.69) is 0 Å². The zero-order valence-corrected chi connectivity index (χ0v) is 16.0. The predicted octanol–water partition coefficient (Wildman–Crippen LogP) is 7.58. The van der Waals surface area contributed by atoms with Crippen molar-refractivity contribution in [2.45, 2.75) is 59.7 Å². The molecule has 0 aromatic rings. The zero-order chi connectivity index (χ0) is 30.2. The van der Waals surface area contributed by atoms with Crippen LogP contribution in [0.15, 0.2) is 0 Å². The molecule has 0 aromatic heterocycles. The number of hydrogen-bond acceptors (Lipinski definition) is 1. The quantitative estimate of drug-likeness (QED) is 0.139. The summed E-state index contributed by atoms with van der Waals surface area (Å²) in [6.07, 6.45) is -16.2. The zero-order valence-electron chi connectivity index (χ0n) is 15.0. The van der Waals surface area contributed by atoms with Gasteiger partial charge in [0.05, 0.1) is 0 Å². The van der Waals surface area contributed by atoms with Gasteiger partial charge in [-0.1, -0.05) is 0 Å². The van der Waals surface area contributed by atoms with Gasteiger partial charge >= 0.3 is 69.0 Å². The molecule has 0 rings (SSSR count). The first-order valence-electron chi connectivity index (χ1n) is 7.19. The average Bonchev–Trinajstić information content (AvgIpc) is 2.57. The average molecular weight is 620 g/mol. The fraction of sp³-hybridized carbons (Fsp3) is 1.00. The van der Waals surface area contributed by atoms with Gasteiger partial charge in [-0.05, 0) is 0 Å². The van der Waals surface area contributed by atoms with Gasteiger partial charge in [0.15, 0.2) is 0 Å². The van der Waals surface area contributed by atoms with Gasteiger partial charge in [-0.15, -0.1) is 0 Å².